The standard InChI is InChI=1S/C13H13ClN2O/c1-2-3-7-15-13(17)11-8-9-5-4-6-10(14)12(9)16-11/h2,4-6,8,16H,1,3,7H2,(H,15,17). The Kier molecular flexibility index (Phi) is 3.49. The predicted octanol–water partition coefficient (Wildman–Crippen LogP) is 3.13. The number of aromatic amines is 1. The molecule has 0 bridgehead atoms. The minimum atomic E-state index is -0.126. The van der Waals surface area contributed by atoms with E-state index in [2.05, 4.69) is 16.9 Å². The van der Waals surface area contributed by atoms with Crippen LogP contribution in [0.5, 0.6) is 0 Å². The summed E-state index contributed by atoms with van der Waals surface area (Å²) >= 11 is 6.03. The van der Waals surface area contributed by atoms with Crippen molar-refractivity contribution in [3.8, 4) is 0 Å². The molecule has 0 saturated heterocycles. The minimum absolute atomic E-state index is 0.126. The lowest BCUT2D eigenvalue weighted by molar-refractivity contribution is 0.0950. The highest BCUT2D eigenvalue weighted by atomic mass is 35.5. The van der Waals surface area contributed by atoms with Gasteiger partial charge < -0.3 is 10.3 Å². The van der Waals surface area contributed by atoms with Crippen LogP contribution in [-0.2, 0) is 0 Å². The van der Waals surface area contributed by atoms with E-state index in [-0.39, 0.29) is 5.91 Å². The number of benzene rings is 1. The second-order valence-electron chi connectivity index (χ2n) is 3.72. The van der Waals surface area contributed by atoms with E-state index in [1.165, 1.54) is 0 Å². The van der Waals surface area contributed by atoms with Gasteiger partial charge in [-0.3, -0.25) is 4.79 Å². The largest absolute Gasteiger partial charge is 0.350 e. The average molecular weight is 249 g/mol. The van der Waals surface area contributed by atoms with Crippen LogP contribution in [0.1, 0.15) is 16.9 Å². The molecule has 2 aromatic rings. The maximum absolute atomic E-state index is 11.8. The zero-order valence-electron chi connectivity index (χ0n) is 9.29. The topological polar surface area (TPSA) is 44.9 Å². The molecular weight excluding hydrogens is 236 g/mol. The molecule has 0 radical (unpaired) electrons. The third kappa shape index (κ3) is 2.50. The number of fused-ring (bicyclic) bond motifs is 1. The second kappa shape index (κ2) is 5.06. The summed E-state index contributed by atoms with van der Waals surface area (Å²) in [5.74, 6) is -0.126. The first-order valence-electron chi connectivity index (χ1n) is 5.38. The van der Waals surface area contributed by atoms with E-state index in [0.717, 1.165) is 17.3 Å². The van der Waals surface area contributed by atoms with Crippen LogP contribution < -0.4 is 5.32 Å². The third-order valence-electron chi connectivity index (χ3n) is 2.48. The van der Waals surface area contributed by atoms with Crippen molar-refractivity contribution in [2.45, 2.75) is 6.42 Å². The van der Waals surface area contributed by atoms with Gasteiger partial charge in [0.15, 0.2) is 0 Å². The van der Waals surface area contributed by atoms with E-state index in [9.17, 15) is 4.79 Å². The zero-order chi connectivity index (χ0) is 12.3. The monoisotopic (exact) mass is 248 g/mol. The first-order valence-corrected chi connectivity index (χ1v) is 5.76. The molecule has 0 atom stereocenters. The van der Waals surface area contributed by atoms with Crippen LogP contribution in [0, 0.1) is 0 Å². The van der Waals surface area contributed by atoms with Gasteiger partial charge in [-0.05, 0) is 18.6 Å². The van der Waals surface area contributed by atoms with Crippen LogP contribution in [0.4, 0.5) is 0 Å². The number of rotatable bonds is 4. The van der Waals surface area contributed by atoms with Crippen molar-refractivity contribution < 1.29 is 4.79 Å². The van der Waals surface area contributed by atoms with Crippen LogP contribution in [-0.4, -0.2) is 17.4 Å². The molecule has 0 spiro atoms. The Morgan fingerprint density at radius 1 is 1.53 bits per heavy atom. The van der Waals surface area contributed by atoms with Crippen LogP contribution in [0.3, 0.4) is 0 Å². The maximum Gasteiger partial charge on any atom is 0.267 e. The first-order chi connectivity index (χ1) is 8.22. The number of aromatic nitrogens is 1. The van der Waals surface area contributed by atoms with Crippen LogP contribution in [0.25, 0.3) is 10.9 Å². The normalized spacial score (nSPS) is 10.4. The number of hydrogen-bond acceptors (Lipinski definition) is 1. The van der Waals surface area contributed by atoms with Gasteiger partial charge in [-0.2, -0.15) is 0 Å². The summed E-state index contributed by atoms with van der Waals surface area (Å²) in [5, 5.41) is 4.35. The fraction of sp³-hybridized carbons (Fsp3) is 0.154. The van der Waals surface area contributed by atoms with E-state index in [1.54, 1.807) is 18.2 Å². The van der Waals surface area contributed by atoms with Gasteiger partial charge in [0.2, 0.25) is 0 Å². The Bertz CT molecular complexity index is 560. The summed E-state index contributed by atoms with van der Waals surface area (Å²) in [6, 6.07) is 7.36. The van der Waals surface area contributed by atoms with Crippen LogP contribution >= 0.6 is 11.6 Å². The molecule has 4 heteroatoms. The molecule has 1 aromatic carbocycles. The highest BCUT2D eigenvalue weighted by Crippen LogP contribution is 2.23. The summed E-state index contributed by atoms with van der Waals surface area (Å²) in [7, 11) is 0. The number of nitrogens with one attached hydrogen (secondary N) is 2. The molecular formula is C13H13ClN2O. The molecule has 0 aliphatic carbocycles. The Morgan fingerprint density at radius 2 is 2.35 bits per heavy atom. The Hall–Kier alpha value is -1.74. The second-order valence-corrected chi connectivity index (χ2v) is 4.13. The molecule has 1 heterocycles. The van der Waals surface area contributed by atoms with Crippen molar-refractivity contribution >= 4 is 28.4 Å². The van der Waals surface area contributed by atoms with Crippen molar-refractivity contribution in [3.05, 3.63) is 47.6 Å². The van der Waals surface area contributed by atoms with Crippen LogP contribution in [0.2, 0.25) is 5.02 Å². The molecule has 1 aromatic heterocycles. The molecule has 2 rings (SSSR count). The quantitative estimate of drug-likeness (QED) is 0.634. The molecule has 0 aliphatic rings. The van der Waals surface area contributed by atoms with Gasteiger partial charge in [0, 0.05) is 11.9 Å². The summed E-state index contributed by atoms with van der Waals surface area (Å²) in [6.45, 7) is 4.19. The minimum Gasteiger partial charge on any atom is -0.350 e. The number of H-pyrrole nitrogens is 1. The fourth-order valence-corrected chi connectivity index (χ4v) is 1.85. The van der Waals surface area contributed by atoms with Gasteiger partial charge in [0.1, 0.15) is 5.69 Å². The Morgan fingerprint density at radius 3 is 3.06 bits per heavy atom. The van der Waals surface area contributed by atoms with Crippen molar-refractivity contribution in [1.29, 1.82) is 0 Å². The lowest BCUT2D eigenvalue weighted by atomic mass is 10.2. The molecule has 0 unspecified atom stereocenters. The maximum atomic E-state index is 11.8. The van der Waals surface area contributed by atoms with Gasteiger partial charge in [-0.15, -0.1) is 6.58 Å². The number of hydrogen-bond donors (Lipinski definition) is 2. The van der Waals surface area contributed by atoms with Crippen LogP contribution in [0.15, 0.2) is 36.9 Å². The first kappa shape index (κ1) is 11.7. The number of halogens is 1. The van der Waals surface area contributed by atoms with Crippen molar-refractivity contribution in [2.75, 3.05) is 6.54 Å². The van der Waals surface area contributed by atoms with Crippen molar-refractivity contribution in [1.82, 2.24) is 10.3 Å². The highest BCUT2D eigenvalue weighted by molar-refractivity contribution is 6.35. The third-order valence-corrected chi connectivity index (χ3v) is 2.80. The van der Waals surface area contributed by atoms with Gasteiger partial charge in [-0.1, -0.05) is 29.8 Å². The van der Waals surface area contributed by atoms with Gasteiger partial charge >= 0.3 is 0 Å². The average Bonchev–Trinajstić information content (AvgIpc) is 2.75. The number of carbonyl (C=O) groups excluding carboxylic acids is 1. The molecule has 2 N–H and O–H groups in total. The SMILES string of the molecule is C=CCCNC(=O)c1cc2cccc(Cl)c2[nH]1. The number of para-hydroxylation sites is 1. The summed E-state index contributed by atoms with van der Waals surface area (Å²) < 4.78 is 0. The Labute approximate surface area is 104 Å². The molecule has 17 heavy (non-hydrogen) atoms. The number of carbonyl (C=O) groups is 1. The van der Waals surface area contributed by atoms with E-state index < -0.39 is 0 Å². The lowest BCUT2D eigenvalue weighted by Gasteiger charge is -2.00. The van der Waals surface area contributed by atoms with Crippen molar-refractivity contribution in [3.63, 3.8) is 0 Å². The number of amides is 1. The molecule has 0 saturated carbocycles. The van der Waals surface area contributed by atoms with E-state index >= 15 is 0 Å². The molecule has 88 valence electrons. The summed E-state index contributed by atoms with van der Waals surface area (Å²) in [4.78, 5) is 14.8. The fourth-order valence-electron chi connectivity index (χ4n) is 1.62. The summed E-state index contributed by atoms with van der Waals surface area (Å²) in [5.41, 5.74) is 1.32. The van der Waals surface area contributed by atoms with Gasteiger partial charge in [-0.25, -0.2) is 0 Å². The van der Waals surface area contributed by atoms with Gasteiger partial charge in [0.05, 0.1) is 10.5 Å². The molecule has 3 nitrogen and oxygen atoms in total. The summed E-state index contributed by atoms with van der Waals surface area (Å²) in [6.07, 6.45) is 2.52. The van der Waals surface area contributed by atoms with E-state index in [0.29, 0.717) is 17.3 Å². The lowest BCUT2D eigenvalue weighted by Crippen LogP contribution is -2.24. The van der Waals surface area contributed by atoms with Crippen molar-refractivity contribution in [2.24, 2.45) is 0 Å². The molecule has 0 fully saturated rings. The van der Waals surface area contributed by atoms with E-state index in [1.807, 2.05) is 12.1 Å². The zero-order valence-corrected chi connectivity index (χ0v) is 10.1. The predicted molar refractivity (Wildman–Crippen MR) is 70.5 cm³/mol. The molecule has 1 amide bonds. The highest BCUT2D eigenvalue weighted by Gasteiger charge is 2.09. The molecule has 0 aliphatic heterocycles. The van der Waals surface area contributed by atoms with Gasteiger partial charge in [0.25, 0.3) is 5.91 Å². The smallest absolute Gasteiger partial charge is 0.267 e. The Balaban J connectivity index is 2.21. The van der Waals surface area contributed by atoms with E-state index in [4.69, 9.17) is 11.6 Å².